The topological polar surface area (TPSA) is 81.8 Å². The summed E-state index contributed by atoms with van der Waals surface area (Å²) in [6.07, 6.45) is 3.18. The van der Waals surface area contributed by atoms with Crippen molar-refractivity contribution in [2.45, 2.75) is 25.3 Å². The van der Waals surface area contributed by atoms with Crippen molar-refractivity contribution >= 4 is 31.6 Å². The molecular formula is C21H20BrN5O2S. The molecule has 0 spiro atoms. The van der Waals surface area contributed by atoms with E-state index in [2.05, 4.69) is 30.8 Å². The van der Waals surface area contributed by atoms with Crippen molar-refractivity contribution in [3.05, 3.63) is 88.4 Å². The van der Waals surface area contributed by atoms with Crippen LogP contribution in [0.5, 0.6) is 0 Å². The molecule has 9 heteroatoms. The second-order valence-corrected chi connectivity index (χ2v) is 9.44. The van der Waals surface area contributed by atoms with E-state index in [0.717, 1.165) is 15.7 Å². The first-order valence-electron chi connectivity index (χ1n) is 9.25. The lowest BCUT2D eigenvalue weighted by molar-refractivity contribution is 0.600. The van der Waals surface area contributed by atoms with Gasteiger partial charge in [0.05, 0.1) is 35.5 Å². The molecule has 0 aliphatic rings. The number of anilines is 1. The van der Waals surface area contributed by atoms with Crippen LogP contribution in [0.3, 0.4) is 0 Å². The molecule has 4 aromatic rings. The van der Waals surface area contributed by atoms with Gasteiger partial charge in [-0.25, -0.2) is 13.1 Å². The number of benzene rings is 2. The standard InChI is InChI=1S/C21H20BrN5O2S/c1-15-21(16(2)27(24-15)20-6-4-3-5-7-20)30(28,29)25-19-12-23-26(14-19)13-17-8-10-18(22)11-9-17/h3-12,14,25H,13H2,1-2H3. The number of nitrogens with zero attached hydrogens (tertiary/aromatic N) is 4. The van der Waals surface area contributed by atoms with Gasteiger partial charge in [0.15, 0.2) is 0 Å². The molecule has 30 heavy (non-hydrogen) atoms. The highest BCUT2D eigenvalue weighted by Crippen LogP contribution is 2.25. The molecule has 0 radical (unpaired) electrons. The average molecular weight is 486 g/mol. The average Bonchev–Trinajstić information content (AvgIpc) is 3.27. The summed E-state index contributed by atoms with van der Waals surface area (Å²) in [5.41, 5.74) is 3.26. The van der Waals surface area contributed by atoms with Gasteiger partial charge in [-0.05, 0) is 43.7 Å². The molecule has 7 nitrogen and oxygen atoms in total. The van der Waals surface area contributed by atoms with E-state index in [-0.39, 0.29) is 4.90 Å². The van der Waals surface area contributed by atoms with Gasteiger partial charge in [-0.3, -0.25) is 9.40 Å². The van der Waals surface area contributed by atoms with E-state index in [1.54, 1.807) is 29.4 Å². The molecule has 154 valence electrons. The molecule has 4 rings (SSSR count). The van der Waals surface area contributed by atoms with E-state index in [9.17, 15) is 8.42 Å². The number of hydrogen-bond acceptors (Lipinski definition) is 4. The lowest BCUT2D eigenvalue weighted by Crippen LogP contribution is -2.14. The maximum absolute atomic E-state index is 13.1. The van der Waals surface area contributed by atoms with E-state index in [0.29, 0.717) is 23.6 Å². The van der Waals surface area contributed by atoms with Crippen molar-refractivity contribution in [3.8, 4) is 5.69 Å². The van der Waals surface area contributed by atoms with Crippen LogP contribution in [0.4, 0.5) is 5.69 Å². The minimum absolute atomic E-state index is 0.173. The monoisotopic (exact) mass is 485 g/mol. The first-order chi connectivity index (χ1) is 14.3. The van der Waals surface area contributed by atoms with E-state index in [1.165, 1.54) is 6.20 Å². The van der Waals surface area contributed by atoms with Crippen molar-refractivity contribution in [1.82, 2.24) is 19.6 Å². The summed E-state index contributed by atoms with van der Waals surface area (Å²) in [6, 6.07) is 17.3. The van der Waals surface area contributed by atoms with Gasteiger partial charge in [0.1, 0.15) is 4.90 Å². The van der Waals surface area contributed by atoms with Gasteiger partial charge in [-0.1, -0.05) is 46.3 Å². The Morgan fingerprint density at radius 2 is 1.73 bits per heavy atom. The van der Waals surface area contributed by atoms with Gasteiger partial charge in [0.25, 0.3) is 10.0 Å². The maximum Gasteiger partial charge on any atom is 0.265 e. The van der Waals surface area contributed by atoms with Crippen molar-refractivity contribution in [3.63, 3.8) is 0 Å². The van der Waals surface area contributed by atoms with Gasteiger partial charge < -0.3 is 0 Å². The Hall–Kier alpha value is -2.91. The highest BCUT2D eigenvalue weighted by Gasteiger charge is 2.25. The highest BCUT2D eigenvalue weighted by molar-refractivity contribution is 9.10. The van der Waals surface area contributed by atoms with E-state index in [4.69, 9.17) is 0 Å². The number of hydrogen-bond donors (Lipinski definition) is 1. The number of rotatable bonds is 6. The van der Waals surface area contributed by atoms with Gasteiger partial charge in [0.2, 0.25) is 0 Å². The van der Waals surface area contributed by atoms with E-state index in [1.807, 2.05) is 54.6 Å². The Labute approximate surface area is 183 Å². The molecule has 0 saturated heterocycles. The quantitative estimate of drug-likeness (QED) is 0.441. The minimum Gasteiger partial charge on any atom is -0.276 e. The second kappa shape index (κ2) is 8.08. The molecule has 2 heterocycles. The fourth-order valence-electron chi connectivity index (χ4n) is 3.32. The molecule has 0 fully saturated rings. The zero-order chi connectivity index (χ0) is 21.3. The fourth-order valence-corrected chi connectivity index (χ4v) is 5.01. The Kier molecular flexibility index (Phi) is 5.48. The molecule has 2 aromatic heterocycles. The van der Waals surface area contributed by atoms with Crippen molar-refractivity contribution in [2.24, 2.45) is 0 Å². The Bertz CT molecular complexity index is 1280. The van der Waals surface area contributed by atoms with Gasteiger partial charge in [-0.15, -0.1) is 0 Å². The van der Waals surface area contributed by atoms with Crippen LogP contribution in [0.25, 0.3) is 5.69 Å². The lowest BCUT2D eigenvalue weighted by Gasteiger charge is -2.07. The number of para-hydroxylation sites is 1. The normalized spacial score (nSPS) is 11.6. The van der Waals surface area contributed by atoms with Crippen LogP contribution in [0, 0.1) is 13.8 Å². The number of halogens is 1. The summed E-state index contributed by atoms with van der Waals surface area (Å²) >= 11 is 3.41. The minimum atomic E-state index is -3.82. The third kappa shape index (κ3) is 4.17. The molecule has 0 atom stereocenters. The molecule has 0 amide bonds. The highest BCUT2D eigenvalue weighted by atomic mass is 79.9. The van der Waals surface area contributed by atoms with E-state index < -0.39 is 10.0 Å². The summed E-state index contributed by atoms with van der Waals surface area (Å²) < 4.78 is 33.1. The van der Waals surface area contributed by atoms with Gasteiger partial charge in [-0.2, -0.15) is 10.2 Å². The van der Waals surface area contributed by atoms with Crippen LogP contribution in [-0.4, -0.2) is 28.0 Å². The van der Waals surface area contributed by atoms with Crippen molar-refractivity contribution in [1.29, 1.82) is 0 Å². The van der Waals surface area contributed by atoms with Crippen molar-refractivity contribution in [2.75, 3.05) is 4.72 Å². The first kappa shape index (κ1) is 20.4. The lowest BCUT2D eigenvalue weighted by atomic mass is 10.2. The molecule has 0 aliphatic heterocycles. The van der Waals surface area contributed by atoms with Crippen LogP contribution in [0.15, 0.2) is 76.4 Å². The molecule has 1 N–H and O–H groups in total. The molecule has 0 aliphatic carbocycles. The number of aromatic nitrogens is 4. The van der Waals surface area contributed by atoms with Crippen LogP contribution in [0.1, 0.15) is 17.0 Å². The smallest absolute Gasteiger partial charge is 0.265 e. The predicted octanol–water partition coefficient (Wildman–Crippen LogP) is 4.30. The summed E-state index contributed by atoms with van der Waals surface area (Å²) in [4.78, 5) is 0.173. The van der Waals surface area contributed by atoms with Crippen molar-refractivity contribution < 1.29 is 8.42 Å². The molecule has 0 saturated carbocycles. The maximum atomic E-state index is 13.1. The van der Waals surface area contributed by atoms with Gasteiger partial charge in [0, 0.05) is 10.7 Å². The molecular weight excluding hydrogens is 466 g/mol. The zero-order valence-electron chi connectivity index (χ0n) is 16.4. The van der Waals surface area contributed by atoms with E-state index >= 15 is 0 Å². The van der Waals surface area contributed by atoms with Crippen LogP contribution in [-0.2, 0) is 16.6 Å². The summed E-state index contributed by atoms with van der Waals surface area (Å²) in [6.45, 7) is 3.98. The Morgan fingerprint density at radius 3 is 2.43 bits per heavy atom. The molecule has 0 bridgehead atoms. The molecule has 2 aromatic carbocycles. The predicted molar refractivity (Wildman–Crippen MR) is 119 cm³/mol. The summed E-state index contributed by atoms with van der Waals surface area (Å²) in [5.74, 6) is 0. The van der Waals surface area contributed by atoms with Crippen LogP contribution in [0.2, 0.25) is 0 Å². The Morgan fingerprint density at radius 1 is 1.03 bits per heavy atom. The summed E-state index contributed by atoms with van der Waals surface area (Å²) in [5, 5.41) is 8.70. The fraction of sp³-hybridized carbons (Fsp3) is 0.143. The summed E-state index contributed by atoms with van der Waals surface area (Å²) in [7, 11) is -3.82. The number of aryl methyl sites for hydroxylation is 1. The SMILES string of the molecule is Cc1nn(-c2ccccc2)c(C)c1S(=O)(=O)Nc1cnn(Cc2ccc(Br)cc2)c1. The largest absolute Gasteiger partial charge is 0.276 e. The number of sulfonamides is 1. The zero-order valence-corrected chi connectivity index (χ0v) is 18.9. The number of nitrogens with one attached hydrogen (secondary N) is 1. The second-order valence-electron chi connectivity index (χ2n) is 6.91. The van der Waals surface area contributed by atoms with Crippen LogP contribution < -0.4 is 4.72 Å². The van der Waals surface area contributed by atoms with Gasteiger partial charge >= 0.3 is 0 Å². The van der Waals surface area contributed by atoms with Crippen LogP contribution >= 0.6 is 15.9 Å². The first-order valence-corrected chi connectivity index (χ1v) is 11.5. The Balaban J connectivity index is 1.58. The third-order valence-corrected chi connectivity index (χ3v) is 6.80. The third-order valence-electron chi connectivity index (χ3n) is 4.64. The molecule has 0 unspecified atom stereocenters.